The molecule has 0 aliphatic heterocycles. The highest BCUT2D eigenvalue weighted by Crippen LogP contribution is 1.98. The number of alkyl halides is 1. The van der Waals surface area contributed by atoms with Gasteiger partial charge in [-0.25, -0.2) is 0 Å². The van der Waals surface area contributed by atoms with Gasteiger partial charge in [0.25, 0.3) is 0 Å². The van der Waals surface area contributed by atoms with Crippen LogP contribution >= 0.6 is 11.6 Å². The minimum atomic E-state index is 0.778. The first-order chi connectivity index (χ1) is 3.41. The standard InChI is InChI=1S/C5H10BCl/c6-4-2-1-3-5-7/h1-5H2. The lowest BCUT2D eigenvalue weighted by molar-refractivity contribution is 0.775. The highest BCUT2D eigenvalue weighted by atomic mass is 35.5. The van der Waals surface area contributed by atoms with Crippen molar-refractivity contribution in [2.24, 2.45) is 0 Å². The molecule has 0 aliphatic carbocycles. The summed E-state index contributed by atoms with van der Waals surface area (Å²) in [6, 6.07) is 0. The SMILES string of the molecule is [B]CCCCCCl. The van der Waals surface area contributed by atoms with E-state index in [2.05, 4.69) is 0 Å². The molecule has 0 bridgehead atoms. The maximum absolute atomic E-state index is 5.40. The quantitative estimate of drug-likeness (QED) is 0.299. The molecule has 0 saturated carbocycles. The Morgan fingerprint density at radius 2 is 1.86 bits per heavy atom. The van der Waals surface area contributed by atoms with E-state index in [4.69, 9.17) is 19.4 Å². The normalized spacial score (nSPS) is 9.29. The molecule has 0 atom stereocenters. The van der Waals surface area contributed by atoms with Gasteiger partial charge < -0.3 is 0 Å². The number of hydrogen-bond donors (Lipinski definition) is 0. The van der Waals surface area contributed by atoms with Gasteiger partial charge >= 0.3 is 0 Å². The van der Waals surface area contributed by atoms with Crippen molar-refractivity contribution in [1.82, 2.24) is 0 Å². The van der Waals surface area contributed by atoms with E-state index in [1.165, 1.54) is 6.42 Å². The second kappa shape index (κ2) is 6.35. The van der Waals surface area contributed by atoms with Crippen LogP contribution in [0.2, 0.25) is 6.32 Å². The van der Waals surface area contributed by atoms with Crippen molar-refractivity contribution in [3.05, 3.63) is 0 Å². The summed E-state index contributed by atoms with van der Waals surface area (Å²) in [6.45, 7) is 0. The van der Waals surface area contributed by atoms with Crippen LogP contribution < -0.4 is 0 Å². The van der Waals surface area contributed by atoms with Crippen LogP contribution in [-0.4, -0.2) is 13.7 Å². The first kappa shape index (κ1) is 7.35. The van der Waals surface area contributed by atoms with Gasteiger partial charge in [0.1, 0.15) is 0 Å². The lowest BCUT2D eigenvalue weighted by Gasteiger charge is -1.89. The fraction of sp³-hybridized carbons (Fsp3) is 1.00. The molecule has 0 nitrogen and oxygen atoms in total. The van der Waals surface area contributed by atoms with Gasteiger partial charge in [-0.15, -0.1) is 11.6 Å². The van der Waals surface area contributed by atoms with Crippen molar-refractivity contribution in [3.63, 3.8) is 0 Å². The molecule has 2 radical (unpaired) electrons. The molecule has 0 aliphatic rings. The highest BCUT2D eigenvalue weighted by Gasteiger charge is 1.81. The zero-order valence-electron chi connectivity index (χ0n) is 4.49. The van der Waals surface area contributed by atoms with Gasteiger partial charge in [0.2, 0.25) is 0 Å². The van der Waals surface area contributed by atoms with Crippen molar-refractivity contribution in [1.29, 1.82) is 0 Å². The summed E-state index contributed by atoms with van der Waals surface area (Å²) >= 11 is 5.40. The molecule has 0 aromatic heterocycles. The van der Waals surface area contributed by atoms with E-state index in [0.717, 1.165) is 25.0 Å². The van der Waals surface area contributed by atoms with Gasteiger partial charge in [-0.1, -0.05) is 19.2 Å². The zero-order chi connectivity index (χ0) is 5.54. The van der Waals surface area contributed by atoms with Crippen LogP contribution in [0.25, 0.3) is 0 Å². The first-order valence-electron chi connectivity index (χ1n) is 2.68. The van der Waals surface area contributed by atoms with Gasteiger partial charge in [-0.05, 0) is 6.42 Å². The Morgan fingerprint density at radius 1 is 1.14 bits per heavy atom. The second-order valence-electron chi connectivity index (χ2n) is 1.54. The Hall–Kier alpha value is 0.355. The maximum atomic E-state index is 5.40. The van der Waals surface area contributed by atoms with E-state index in [1.807, 2.05) is 0 Å². The Labute approximate surface area is 51.7 Å². The number of halogens is 1. The zero-order valence-corrected chi connectivity index (χ0v) is 5.25. The summed E-state index contributed by atoms with van der Waals surface area (Å²) in [4.78, 5) is 0. The van der Waals surface area contributed by atoms with E-state index in [1.54, 1.807) is 0 Å². The number of rotatable bonds is 4. The van der Waals surface area contributed by atoms with Crippen LogP contribution in [0, 0.1) is 0 Å². The van der Waals surface area contributed by atoms with Gasteiger partial charge in [0, 0.05) is 5.88 Å². The smallest absolute Gasteiger partial charge is 0.0653 e. The van der Waals surface area contributed by atoms with Crippen molar-refractivity contribution < 1.29 is 0 Å². The fourth-order valence-corrected chi connectivity index (χ4v) is 0.605. The minimum absolute atomic E-state index is 0.778. The maximum Gasteiger partial charge on any atom is 0.0653 e. The third-order valence-electron chi connectivity index (χ3n) is 0.838. The molecule has 0 spiro atoms. The third kappa shape index (κ3) is 6.35. The summed E-state index contributed by atoms with van der Waals surface area (Å²) in [5.41, 5.74) is 0. The van der Waals surface area contributed by atoms with Crippen molar-refractivity contribution in [2.75, 3.05) is 5.88 Å². The molecule has 0 saturated heterocycles. The van der Waals surface area contributed by atoms with Gasteiger partial charge in [-0.2, -0.15) is 0 Å². The molecule has 40 valence electrons. The summed E-state index contributed by atoms with van der Waals surface area (Å²) < 4.78 is 0. The summed E-state index contributed by atoms with van der Waals surface area (Å²) in [6.07, 6.45) is 4.21. The largest absolute Gasteiger partial charge is 0.127 e. The van der Waals surface area contributed by atoms with E-state index in [-0.39, 0.29) is 0 Å². The van der Waals surface area contributed by atoms with Crippen LogP contribution in [0.1, 0.15) is 19.3 Å². The molecule has 0 aromatic rings. The summed E-state index contributed by atoms with van der Waals surface area (Å²) in [7, 11) is 5.23. The van der Waals surface area contributed by atoms with Gasteiger partial charge in [0.15, 0.2) is 0 Å². The van der Waals surface area contributed by atoms with Crippen LogP contribution in [0.5, 0.6) is 0 Å². The third-order valence-corrected chi connectivity index (χ3v) is 1.11. The molecule has 0 fully saturated rings. The van der Waals surface area contributed by atoms with Crippen molar-refractivity contribution in [2.45, 2.75) is 25.6 Å². The predicted molar refractivity (Wildman–Crippen MR) is 35.1 cm³/mol. The molecule has 2 heteroatoms. The summed E-state index contributed by atoms with van der Waals surface area (Å²) in [5.74, 6) is 0.778. The molecule has 0 N–H and O–H groups in total. The average Bonchev–Trinajstić information content (AvgIpc) is 1.69. The average molecular weight is 116 g/mol. The first-order valence-corrected chi connectivity index (χ1v) is 3.21. The Bertz CT molecular complexity index is 27.3. The summed E-state index contributed by atoms with van der Waals surface area (Å²) in [5, 5.41) is 0. The number of hydrogen-bond acceptors (Lipinski definition) is 0. The van der Waals surface area contributed by atoms with Crippen LogP contribution in [0.15, 0.2) is 0 Å². The van der Waals surface area contributed by atoms with Crippen molar-refractivity contribution in [3.8, 4) is 0 Å². The minimum Gasteiger partial charge on any atom is -0.127 e. The van der Waals surface area contributed by atoms with Crippen LogP contribution in [0.3, 0.4) is 0 Å². The van der Waals surface area contributed by atoms with Gasteiger partial charge in [0.05, 0.1) is 7.85 Å². The lowest BCUT2D eigenvalue weighted by atomic mass is 10.00. The van der Waals surface area contributed by atoms with E-state index >= 15 is 0 Å². The lowest BCUT2D eigenvalue weighted by Crippen LogP contribution is -1.75. The molecule has 0 amide bonds. The monoisotopic (exact) mass is 116 g/mol. The van der Waals surface area contributed by atoms with Crippen molar-refractivity contribution >= 4 is 19.4 Å². The molecule has 0 unspecified atom stereocenters. The Morgan fingerprint density at radius 3 is 2.29 bits per heavy atom. The second-order valence-corrected chi connectivity index (χ2v) is 1.92. The predicted octanol–water partition coefficient (Wildman–Crippen LogP) is 1.98. The van der Waals surface area contributed by atoms with E-state index in [0.29, 0.717) is 0 Å². The topological polar surface area (TPSA) is 0 Å². The van der Waals surface area contributed by atoms with Gasteiger partial charge in [-0.3, -0.25) is 0 Å². The van der Waals surface area contributed by atoms with Crippen LogP contribution in [-0.2, 0) is 0 Å². The molecule has 7 heavy (non-hydrogen) atoms. The highest BCUT2D eigenvalue weighted by molar-refractivity contribution is 6.17. The molecule has 0 aromatic carbocycles. The Kier molecular flexibility index (Phi) is 6.68. The number of unbranched alkanes of at least 4 members (excludes halogenated alkanes) is 2. The molecule has 0 rings (SSSR count). The van der Waals surface area contributed by atoms with E-state index < -0.39 is 0 Å². The fourth-order valence-electron chi connectivity index (χ4n) is 0.416. The Balaban J connectivity index is 2.45. The van der Waals surface area contributed by atoms with E-state index in [9.17, 15) is 0 Å². The van der Waals surface area contributed by atoms with Crippen LogP contribution in [0.4, 0.5) is 0 Å². The molecular weight excluding hydrogens is 106 g/mol. The molecular formula is C5H10BCl. The molecule has 0 heterocycles.